The highest BCUT2D eigenvalue weighted by molar-refractivity contribution is 5.93. The first-order valence-corrected chi connectivity index (χ1v) is 18.0. The minimum Gasteiger partial charge on any atom is -0.459 e. The maximum atomic E-state index is 14.4. The topological polar surface area (TPSA) is 140 Å². The summed E-state index contributed by atoms with van der Waals surface area (Å²) in [6.45, 7) is 12.1. The van der Waals surface area contributed by atoms with E-state index in [2.05, 4.69) is 10.6 Å². The number of hydrogen-bond acceptors (Lipinski definition) is 8. The van der Waals surface area contributed by atoms with Gasteiger partial charge >= 0.3 is 18.0 Å². The zero-order valence-corrected chi connectivity index (χ0v) is 31.1. The van der Waals surface area contributed by atoms with Crippen molar-refractivity contribution in [3.05, 3.63) is 95.6 Å². The lowest BCUT2D eigenvalue weighted by molar-refractivity contribution is -0.213. The van der Waals surface area contributed by atoms with Gasteiger partial charge in [0.1, 0.15) is 25.3 Å². The van der Waals surface area contributed by atoms with Gasteiger partial charge in [-0.3, -0.25) is 9.59 Å². The number of nitrogens with one attached hydrogen (secondary N) is 2. The molecule has 11 nitrogen and oxygen atoms in total. The van der Waals surface area contributed by atoms with Gasteiger partial charge in [0, 0.05) is 12.3 Å². The Balaban J connectivity index is 1.53. The first-order chi connectivity index (χ1) is 24.9. The van der Waals surface area contributed by atoms with Crippen molar-refractivity contribution >= 4 is 29.8 Å². The fourth-order valence-electron chi connectivity index (χ4n) is 6.24. The Bertz CT molecular complexity index is 1660. The number of alkyl carbamates (subject to hydrolysis) is 1. The van der Waals surface area contributed by atoms with Crippen LogP contribution in [0, 0.1) is 17.8 Å². The zero-order valence-electron chi connectivity index (χ0n) is 31.1. The lowest BCUT2D eigenvalue weighted by atomic mass is 9.95. The van der Waals surface area contributed by atoms with Crippen LogP contribution < -0.4 is 10.6 Å². The second-order valence-corrected chi connectivity index (χ2v) is 13.8. The highest BCUT2D eigenvalue weighted by Crippen LogP contribution is 2.44. The van der Waals surface area contributed by atoms with Gasteiger partial charge in [0.05, 0.1) is 0 Å². The van der Waals surface area contributed by atoms with Gasteiger partial charge in [0.2, 0.25) is 5.91 Å². The maximum Gasteiger partial charge on any atom is 0.407 e. The summed E-state index contributed by atoms with van der Waals surface area (Å²) >= 11 is 0. The summed E-state index contributed by atoms with van der Waals surface area (Å²) in [5.74, 6) is -4.49. The number of benzene rings is 3. The summed E-state index contributed by atoms with van der Waals surface area (Å²) < 4.78 is 11.3. The molecule has 4 atom stereocenters. The molecule has 0 saturated carbocycles. The lowest BCUT2D eigenvalue weighted by Crippen LogP contribution is -2.61. The Kier molecular flexibility index (Phi) is 14.0. The molecular formula is C41H51N3O8. The molecule has 0 spiro atoms. The van der Waals surface area contributed by atoms with Crippen LogP contribution in [0.3, 0.4) is 0 Å². The molecule has 0 aliphatic heterocycles. The Hall–Kier alpha value is -5.19. The first-order valence-electron chi connectivity index (χ1n) is 18.0. The number of fused-ring (bicyclic) bond motifs is 3. The third kappa shape index (κ3) is 9.57. The van der Waals surface area contributed by atoms with E-state index in [1.807, 2.05) is 85.8 Å². The molecule has 1 aliphatic rings. The molecule has 3 aromatic rings. The van der Waals surface area contributed by atoms with Crippen LogP contribution in [0.1, 0.15) is 83.9 Å². The van der Waals surface area contributed by atoms with Crippen molar-refractivity contribution in [1.29, 1.82) is 0 Å². The standard InChI is InChI=1S/C41H51N3O8/c1-8-27(7)36(43-41(49)51-24-33-31-21-15-13-19-29(31)30-20-14-16-22-32(30)33)39(47)44(52-34(45)9-2)37(26(5)6)38(46)42-35(25(3)4)40(48)50-23-28-17-11-10-12-18-28/h10-22,25-27,33,35-37H,8-9,23-24H2,1-7H3,(H,42,46)(H,43,49)/t27-,35-,36-,37-/m0/s1. The monoisotopic (exact) mass is 713 g/mol. The normalized spacial score (nSPS) is 14.3. The van der Waals surface area contributed by atoms with Gasteiger partial charge in [-0.2, -0.15) is 5.06 Å². The predicted molar refractivity (Wildman–Crippen MR) is 196 cm³/mol. The third-order valence-corrected chi connectivity index (χ3v) is 9.40. The van der Waals surface area contributed by atoms with Crippen LogP contribution in [0.15, 0.2) is 78.9 Å². The van der Waals surface area contributed by atoms with E-state index in [0.29, 0.717) is 6.42 Å². The van der Waals surface area contributed by atoms with Crippen molar-refractivity contribution in [2.75, 3.05) is 6.61 Å². The Morgan fingerprint density at radius 2 is 1.29 bits per heavy atom. The fraction of sp³-hybridized carbons (Fsp3) is 0.439. The molecule has 0 bridgehead atoms. The molecule has 1 aliphatic carbocycles. The Morgan fingerprint density at radius 1 is 0.712 bits per heavy atom. The minimum atomic E-state index is -1.35. The van der Waals surface area contributed by atoms with Crippen LogP contribution in [0.2, 0.25) is 0 Å². The highest BCUT2D eigenvalue weighted by atomic mass is 16.7. The largest absolute Gasteiger partial charge is 0.459 e. The Morgan fingerprint density at radius 3 is 1.83 bits per heavy atom. The van der Waals surface area contributed by atoms with Gasteiger partial charge < -0.3 is 24.9 Å². The predicted octanol–water partition coefficient (Wildman–Crippen LogP) is 6.55. The van der Waals surface area contributed by atoms with E-state index in [-0.39, 0.29) is 31.5 Å². The summed E-state index contributed by atoms with van der Waals surface area (Å²) in [4.78, 5) is 73.3. The molecule has 3 aromatic carbocycles. The Labute approximate surface area is 306 Å². The quantitative estimate of drug-likeness (QED) is 0.134. The first kappa shape index (κ1) is 39.6. The summed E-state index contributed by atoms with van der Waals surface area (Å²) in [5, 5.41) is 6.19. The number of hydroxylamine groups is 2. The van der Waals surface area contributed by atoms with E-state index in [9.17, 15) is 24.0 Å². The summed E-state index contributed by atoms with van der Waals surface area (Å²) in [6.07, 6.45) is -0.435. The lowest BCUT2D eigenvalue weighted by Gasteiger charge is -2.36. The second kappa shape index (κ2) is 18.3. The smallest absolute Gasteiger partial charge is 0.407 e. The van der Waals surface area contributed by atoms with Crippen molar-refractivity contribution in [3.8, 4) is 11.1 Å². The van der Waals surface area contributed by atoms with Crippen LogP contribution >= 0.6 is 0 Å². The molecule has 0 heterocycles. The van der Waals surface area contributed by atoms with E-state index in [1.165, 1.54) is 0 Å². The molecule has 3 amide bonds. The van der Waals surface area contributed by atoms with E-state index < -0.39 is 59.8 Å². The van der Waals surface area contributed by atoms with E-state index >= 15 is 0 Å². The zero-order chi connectivity index (χ0) is 37.9. The van der Waals surface area contributed by atoms with Crippen LogP contribution in [0.5, 0.6) is 0 Å². The van der Waals surface area contributed by atoms with Gasteiger partial charge in [-0.25, -0.2) is 14.4 Å². The highest BCUT2D eigenvalue weighted by Gasteiger charge is 2.42. The molecule has 11 heteroatoms. The molecular weight excluding hydrogens is 662 g/mol. The van der Waals surface area contributed by atoms with Crippen LogP contribution in [-0.2, 0) is 40.1 Å². The van der Waals surface area contributed by atoms with Crippen LogP contribution in [0.25, 0.3) is 11.1 Å². The number of carbonyl (C=O) groups is 5. The van der Waals surface area contributed by atoms with E-state index in [0.717, 1.165) is 32.9 Å². The number of rotatable bonds is 15. The molecule has 0 radical (unpaired) electrons. The molecule has 4 rings (SSSR count). The third-order valence-electron chi connectivity index (χ3n) is 9.40. The number of esters is 1. The summed E-state index contributed by atoms with van der Waals surface area (Å²) in [6, 6.07) is 21.5. The average Bonchev–Trinajstić information content (AvgIpc) is 3.46. The number of ether oxygens (including phenoxy) is 2. The van der Waals surface area contributed by atoms with Crippen LogP contribution in [-0.4, -0.2) is 59.6 Å². The van der Waals surface area contributed by atoms with Crippen molar-refractivity contribution < 1.29 is 38.3 Å². The number of hydrogen-bond donors (Lipinski definition) is 2. The SMILES string of the molecule is CCC(=O)ON(C(=O)[C@@H](NC(=O)OCC1c2ccccc2-c2ccccc21)[C@@H](C)CC)[C@H](C(=O)N[C@H](C(=O)OCc1ccccc1)C(C)C)C(C)C. The summed E-state index contributed by atoms with van der Waals surface area (Å²) in [5.41, 5.74) is 5.02. The second-order valence-electron chi connectivity index (χ2n) is 13.8. The van der Waals surface area contributed by atoms with Gasteiger partial charge in [0.15, 0.2) is 6.04 Å². The number of carbonyl (C=O) groups excluding carboxylic acids is 5. The van der Waals surface area contributed by atoms with Crippen molar-refractivity contribution in [2.45, 2.75) is 92.0 Å². The molecule has 0 unspecified atom stereocenters. The number of nitrogens with zero attached hydrogens (tertiary/aromatic N) is 1. The average molecular weight is 714 g/mol. The van der Waals surface area contributed by atoms with Crippen molar-refractivity contribution in [1.82, 2.24) is 15.7 Å². The fourth-order valence-corrected chi connectivity index (χ4v) is 6.24. The van der Waals surface area contributed by atoms with Gasteiger partial charge in [-0.15, -0.1) is 0 Å². The minimum absolute atomic E-state index is 0.0171. The summed E-state index contributed by atoms with van der Waals surface area (Å²) in [7, 11) is 0. The molecule has 0 fully saturated rings. The molecule has 52 heavy (non-hydrogen) atoms. The van der Waals surface area contributed by atoms with E-state index in [1.54, 1.807) is 41.5 Å². The van der Waals surface area contributed by atoms with Crippen molar-refractivity contribution in [3.63, 3.8) is 0 Å². The van der Waals surface area contributed by atoms with Gasteiger partial charge in [-0.1, -0.05) is 134 Å². The van der Waals surface area contributed by atoms with Gasteiger partial charge in [0.25, 0.3) is 5.91 Å². The van der Waals surface area contributed by atoms with Crippen LogP contribution in [0.4, 0.5) is 4.79 Å². The van der Waals surface area contributed by atoms with E-state index in [4.69, 9.17) is 14.3 Å². The number of amides is 3. The molecule has 0 saturated heterocycles. The maximum absolute atomic E-state index is 14.4. The molecule has 0 aromatic heterocycles. The van der Waals surface area contributed by atoms with Gasteiger partial charge in [-0.05, 0) is 45.6 Å². The molecule has 278 valence electrons. The molecule has 2 N–H and O–H groups in total. The van der Waals surface area contributed by atoms with Crippen molar-refractivity contribution in [2.24, 2.45) is 17.8 Å².